The molecule has 0 radical (unpaired) electrons. The van der Waals surface area contributed by atoms with Gasteiger partial charge in [-0.1, -0.05) is 15.9 Å². The Bertz CT molecular complexity index is 631. The molecule has 0 saturated carbocycles. The van der Waals surface area contributed by atoms with E-state index in [2.05, 4.69) is 31.9 Å². The molecule has 1 saturated heterocycles. The van der Waals surface area contributed by atoms with Crippen molar-refractivity contribution in [2.75, 3.05) is 19.4 Å². The van der Waals surface area contributed by atoms with Gasteiger partial charge in [-0.05, 0) is 37.6 Å². The first-order valence-electron chi connectivity index (χ1n) is 6.95. The van der Waals surface area contributed by atoms with Gasteiger partial charge in [0, 0.05) is 33.7 Å². The van der Waals surface area contributed by atoms with Crippen molar-refractivity contribution < 1.29 is 4.74 Å². The van der Waals surface area contributed by atoms with Crippen molar-refractivity contribution in [2.24, 2.45) is 0 Å². The first-order chi connectivity index (χ1) is 10.2. The number of hydrogen-bond donors (Lipinski definition) is 1. The van der Waals surface area contributed by atoms with E-state index in [0.29, 0.717) is 11.2 Å². The van der Waals surface area contributed by atoms with Crippen molar-refractivity contribution in [3.63, 3.8) is 0 Å². The Kier molecular flexibility index (Phi) is 4.47. The summed E-state index contributed by atoms with van der Waals surface area (Å²) in [6, 6.07) is 6.61. The van der Waals surface area contributed by atoms with Crippen LogP contribution in [-0.2, 0) is 6.54 Å². The van der Waals surface area contributed by atoms with Crippen molar-refractivity contribution in [1.29, 1.82) is 0 Å². The normalized spacial score (nSPS) is 19.0. The van der Waals surface area contributed by atoms with Crippen LogP contribution in [0.1, 0.15) is 29.3 Å². The quantitative estimate of drug-likeness (QED) is 0.891. The Hall–Kier alpha value is -1.11. The smallest absolute Gasteiger partial charge is 0.180 e. The lowest BCUT2D eigenvalue weighted by atomic mass is 10.0. The molecule has 6 heteroatoms. The maximum atomic E-state index is 5.73. The summed E-state index contributed by atoms with van der Waals surface area (Å²) in [5, 5.41) is 0.640. The molecule has 21 heavy (non-hydrogen) atoms. The summed E-state index contributed by atoms with van der Waals surface area (Å²) in [7, 11) is 1.73. The molecule has 1 aliphatic heterocycles. The highest BCUT2D eigenvalue weighted by Gasteiger charge is 2.28. The van der Waals surface area contributed by atoms with E-state index in [-0.39, 0.29) is 0 Å². The fourth-order valence-corrected chi connectivity index (χ4v) is 4.02. The highest BCUT2D eigenvalue weighted by molar-refractivity contribution is 9.10. The molecule has 1 aromatic carbocycles. The molecule has 1 unspecified atom stereocenters. The topological polar surface area (TPSA) is 51.4 Å². The lowest BCUT2D eigenvalue weighted by Crippen LogP contribution is -2.22. The average molecular weight is 368 g/mol. The Morgan fingerprint density at radius 2 is 2.38 bits per heavy atom. The van der Waals surface area contributed by atoms with E-state index >= 15 is 0 Å². The highest BCUT2D eigenvalue weighted by Crippen LogP contribution is 2.39. The van der Waals surface area contributed by atoms with Crippen molar-refractivity contribution >= 4 is 32.4 Å². The lowest BCUT2D eigenvalue weighted by molar-refractivity contribution is 0.245. The van der Waals surface area contributed by atoms with Crippen LogP contribution in [0.15, 0.2) is 28.9 Å². The van der Waals surface area contributed by atoms with Crippen LogP contribution in [0, 0.1) is 0 Å². The van der Waals surface area contributed by atoms with Gasteiger partial charge in [0.15, 0.2) is 5.13 Å². The molecule has 2 heterocycles. The Morgan fingerprint density at radius 3 is 3.10 bits per heavy atom. The molecule has 0 aliphatic carbocycles. The van der Waals surface area contributed by atoms with Gasteiger partial charge in [0.05, 0.1) is 7.11 Å². The van der Waals surface area contributed by atoms with E-state index < -0.39 is 0 Å². The number of thiazole rings is 1. The van der Waals surface area contributed by atoms with E-state index in [0.717, 1.165) is 29.7 Å². The predicted molar refractivity (Wildman–Crippen MR) is 89.6 cm³/mol. The third kappa shape index (κ3) is 3.22. The third-order valence-electron chi connectivity index (χ3n) is 3.84. The van der Waals surface area contributed by atoms with Gasteiger partial charge in [-0.25, -0.2) is 4.98 Å². The molecule has 2 N–H and O–H groups in total. The van der Waals surface area contributed by atoms with E-state index in [1.54, 1.807) is 18.4 Å². The second kappa shape index (κ2) is 6.34. The number of anilines is 1. The van der Waals surface area contributed by atoms with E-state index in [1.807, 2.05) is 18.3 Å². The van der Waals surface area contributed by atoms with Crippen molar-refractivity contribution in [3.05, 3.63) is 39.3 Å². The number of hydrogen-bond acceptors (Lipinski definition) is 5. The maximum Gasteiger partial charge on any atom is 0.180 e. The van der Waals surface area contributed by atoms with E-state index in [4.69, 9.17) is 10.5 Å². The number of aromatic nitrogens is 1. The molecule has 3 rings (SSSR count). The summed E-state index contributed by atoms with van der Waals surface area (Å²) >= 11 is 5.13. The van der Waals surface area contributed by atoms with Gasteiger partial charge >= 0.3 is 0 Å². The van der Waals surface area contributed by atoms with Gasteiger partial charge in [-0.2, -0.15) is 0 Å². The molecule has 1 fully saturated rings. The van der Waals surface area contributed by atoms with E-state index in [9.17, 15) is 0 Å². The van der Waals surface area contributed by atoms with Crippen molar-refractivity contribution in [3.8, 4) is 5.75 Å². The molecule has 2 aromatic rings. The second-order valence-corrected chi connectivity index (χ2v) is 7.24. The largest absolute Gasteiger partial charge is 0.496 e. The summed E-state index contributed by atoms with van der Waals surface area (Å²) in [6.07, 6.45) is 4.24. The van der Waals surface area contributed by atoms with Gasteiger partial charge < -0.3 is 10.5 Å². The van der Waals surface area contributed by atoms with Crippen molar-refractivity contribution in [2.45, 2.75) is 25.4 Å². The standard InChI is InChI=1S/C15H18BrN3OS/c1-20-14-5-4-10(16)7-12(14)13-3-2-6-19(13)9-11-8-18-15(17)21-11/h4-5,7-8,13H,2-3,6,9H2,1H3,(H2,17,18). The number of methoxy groups -OCH3 is 1. The Labute approximate surface area is 137 Å². The zero-order chi connectivity index (χ0) is 14.8. The fourth-order valence-electron chi connectivity index (χ4n) is 2.93. The van der Waals surface area contributed by atoms with Gasteiger partial charge in [0.2, 0.25) is 0 Å². The van der Waals surface area contributed by atoms with E-state index in [1.165, 1.54) is 16.9 Å². The number of nitrogens with zero attached hydrogens (tertiary/aromatic N) is 2. The maximum absolute atomic E-state index is 5.73. The molecule has 112 valence electrons. The number of nitrogens with two attached hydrogens (primary N) is 1. The number of benzene rings is 1. The van der Waals surface area contributed by atoms with Gasteiger partial charge in [0.1, 0.15) is 5.75 Å². The van der Waals surface area contributed by atoms with Gasteiger partial charge in [-0.3, -0.25) is 4.90 Å². The summed E-state index contributed by atoms with van der Waals surface area (Å²) in [5.41, 5.74) is 6.98. The van der Waals surface area contributed by atoms with Gasteiger partial charge in [-0.15, -0.1) is 11.3 Å². The van der Waals surface area contributed by atoms with Gasteiger partial charge in [0.25, 0.3) is 0 Å². The SMILES string of the molecule is COc1ccc(Br)cc1C1CCCN1Cc1cnc(N)s1. The molecular weight excluding hydrogens is 350 g/mol. The van der Waals surface area contributed by atoms with Crippen molar-refractivity contribution in [1.82, 2.24) is 9.88 Å². The molecule has 0 amide bonds. The molecule has 1 aliphatic rings. The first kappa shape index (κ1) is 14.8. The fraction of sp³-hybridized carbons (Fsp3) is 0.400. The van der Waals surface area contributed by atoms with Crippen LogP contribution in [0.2, 0.25) is 0 Å². The minimum Gasteiger partial charge on any atom is -0.496 e. The molecule has 1 atom stereocenters. The molecule has 1 aromatic heterocycles. The number of halogens is 1. The number of rotatable bonds is 4. The summed E-state index contributed by atoms with van der Waals surface area (Å²) in [6.45, 7) is 1.99. The second-order valence-electron chi connectivity index (χ2n) is 5.18. The van der Waals surface area contributed by atoms with Crippen LogP contribution in [0.3, 0.4) is 0 Å². The minimum atomic E-state index is 0.390. The van der Waals surface area contributed by atoms with Crippen LogP contribution in [0.25, 0.3) is 0 Å². The third-order valence-corrected chi connectivity index (χ3v) is 5.15. The molecule has 4 nitrogen and oxygen atoms in total. The molecular formula is C15H18BrN3OS. The molecule has 0 spiro atoms. The summed E-state index contributed by atoms with van der Waals surface area (Å²) in [4.78, 5) is 7.84. The highest BCUT2D eigenvalue weighted by atomic mass is 79.9. The predicted octanol–water partition coefficient (Wildman–Crippen LogP) is 3.83. The Morgan fingerprint density at radius 1 is 1.52 bits per heavy atom. The summed E-state index contributed by atoms with van der Waals surface area (Å²) < 4.78 is 6.63. The average Bonchev–Trinajstić information content (AvgIpc) is 3.08. The van der Waals surface area contributed by atoms with Crippen LogP contribution >= 0.6 is 27.3 Å². The first-order valence-corrected chi connectivity index (χ1v) is 8.56. The monoisotopic (exact) mass is 367 g/mol. The molecule has 0 bridgehead atoms. The van der Waals surface area contributed by atoms with Crippen LogP contribution in [0.4, 0.5) is 5.13 Å². The number of likely N-dealkylation sites (tertiary alicyclic amines) is 1. The minimum absolute atomic E-state index is 0.390. The van der Waals surface area contributed by atoms with Crippen LogP contribution in [0.5, 0.6) is 5.75 Å². The summed E-state index contributed by atoms with van der Waals surface area (Å²) in [5.74, 6) is 0.957. The zero-order valence-corrected chi connectivity index (χ0v) is 14.3. The zero-order valence-electron chi connectivity index (χ0n) is 11.9. The van der Waals surface area contributed by atoms with Crippen LogP contribution in [-0.4, -0.2) is 23.5 Å². The Balaban J connectivity index is 1.85. The lowest BCUT2D eigenvalue weighted by Gasteiger charge is -2.25. The number of nitrogen functional groups attached to an aromatic ring is 1. The number of ether oxygens (including phenoxy) is 1. The van der Waals surface area contributed by atoms with Crippen LogP contribution < -0.4 is 10.5 Å².